The van der Waals surface area contributed by atoms with E-state index in [1.54, 1.807) is 12.1 Å². The summed E-state index contributed by atoms with van der Waals surface area (Å²) < 4.78 is 7.41. The Kier molecular flexibility index (Phi) is 4.21. The van der Waals surface area contributed by atoms with Crippen molar-refractivity contribution in [3.63, 3.8) is 0 Å². The zero-order chi connectivity index (χ0) is 14.7. The molecule has 0 atom stereocenters. The molecule has 0 N–H and O–H groups in total. The van der Waals surface area contributed by atoms with E-state index in [-0.39, 0.29) is 0 Å². The molecule has 0 saturated heterocycles. The second-order valence-corrected chi connectivity index (χ2v) is 6.07. The Morgan fingerprint density at radius 1 is 1.14 bits per heavy atom. The van der Waals surface area contributed by atoms with Gasteiger partial charge in [0, 0.05) is 22.2 Å². The first kappa shape index (κ1) is 14.1. The Hall–Kier alpha value is -1.86. The van der Waals surface area contributed by atoms with Crippen LogP contribution in [0.15, 0.2) is 62.6 Å². The molecule has 7 heteroatoms. The second kappa shape index (κ2) is 6.28. The third kappa shape index (κ3) is 3.43. The predicted octanol–water partition coefficient (Wildman–Crippen LogP) is 3.42. The molecule has 2 aromatic heterocycles. The minimum absolute atomic E-state index is 0.454. The average Bonchev–Trinajstić information content (AvgIpc) is 2.96. The summed E-state index contributed by atoms with van der Waals surface area (Å²) in [5, 5.41) is 20.1. The van der Waals surface area contributed by atoms with Gasteiger partial charge in [-0.2, -0.15) is 4.73 Å². The molecule has 5 nitrogen and oxygen atoms in total. The van der Waals surface area contributed by atoms with Crippen molar-refractivity contribution in [3.8, 4) is 11.5 Å². The highest BCUT2D eigenvalue weighted by Gasteiger charge is 2.11. The van der Waals surface area contributed by atoms with E-state index in [1.165, 1.54) is 18.0 Å². The summed E-state index contributed by atoms with van der Waals surface area (Å²) in [4.78, 5) is 0. The van der Waals surface area contributed by atoms with E-state index < -0.39 is 0 Å². The zero-order valence-electron chi connectivity index (χ0n) is 10.8. The van der Waals surface area contributed by atoms with Crippen molar-refractivity contribution in [2.75, 3.05) is 0 Å². The van der Waals surface area contributed by atoms with E-state index in [0.29, 0.717) is 22.6 Å². The van der Waals surface area contributed by atoms with Gasteiger partial charge in [-0.1, -0.05) is 15.9 Å². The van der Waals surface area contributed by atoms with E-state index in [1.807, 2.05) is 30.3 Å². The number of nitrogens with zero attached hydrogens (tertiary/aromatic N) is 3. The molecule has 0 saturated carbocycles. The highest BCUT2D eigenvalue weighted by Crippen LogP contribution is 2.23. The van der Waals surface area contributed by atoms with Crippen LogP contribution in [0.1, 0.15) is 5.89 Å². The van der Waals surface area contributed by atoms with E-state index in [2.05, 4.69) is 26.1 Å². The standard InChI is InChI=1S/C14H10BrN3O2S/c15-11-6-4-10(5-7-11)14-17-16-12(20-14)9-21-13-3-1-2-8-18(13)19/h1-8H,9H2. The lowest BCUT2D eigenvalue weighted by Gasteiger charge is -2.00. The lowest BCUT2D eigenvalue weighted by atomic mass is 10.2. The Morgan fingerprint density at radius 2 is 1.95 bits per heavy atom. The largest absolute Gasteiger partial charge is 0.618 e. The van der Waals surface area contributed by atoms with Crippen molar-refractivity contribution in [2.45, 2.75) is 10.8 Å². The first-order valence-electron chi connectivity index (χ1n) is 6.12. The molecule has 0 fully saturated rings. The molecule has 0 amide bonds. The van der Waals surface area contributed by atoms with Crippen LogP contribution in [0.25, 0.3) is 11.5 Å². The smallest absolute Gasteiger partial charge is 0.251 e. The molecule has 106 valence electrons. The molecule has 2 heterocycles. The number of benzene rings is 1. The van der Waals surface area contributed by atoms with Gasteiger partial charge in [0.2, 0.25) is 11.8 Å². The van der Waals surface area contributed by atoms with Gasteiger partial charge in [-0.3, -0.25) is 0 Å². The molecule has 0 aliphatic carbocycles. The molecule has 0 aliphatic heterocycles. The third-order valence-corrected chi connectivity index (χ3v) is 4.22. The number of thioether (sulfide) groups is 1. The molecule has 0 bridgehead atoms. The number of hydrogen-bond acceptors (Lipinski definition) is 5. The summed E-state index contributed by atoms with van der Waals surface area (Å²) in [7, 11) is 0. The van der Waals surface area contributed by atoms with Gasteiger partial charge in [-0.15, -0.1) is 10.2 Å². The first-order chi connectivity index (χ1) is 10.2. The molecule has 3 aromatic rings. The van der Waals surface area contributed by atoms with Gasteiger partial charge >= 0.3 is 0 Å². The summed E-state index contributed by atoms with van der Waals surface area (Å²) >= 11 is 4.74. The Bertz CT molecular complexity index is 746. The average molecular weight is 364 g/mol. The molecule has 0 spiro atoms. The molecule has 3 rings (SSSR count). The van der Waals surface area contributed by atoms with Crippen LogP contribution in [-0.4, -0.2) is 10.2 Å². The third-order valence-electron chi connectivity index (χ3n) is 2.69. The van der Waals surface area contributed by atoms with Crippen LogP contribution < -0.4 is 4.73 Å². The van der Waals surface area contributed by atoms with Crippen LogP contribution in [0, 0.1) is 5.21 Å². The molecule has 21 heavy (non-hydrogen) atoms. The highest BCUT2D eigenvalue weighted by molar-refractivity contribution is 9.10. The van der Waals surface area contributed by atoms with Crippen LogP contribution in [0.5, 0.6) is 0 Å². The van der Waals surface area contributed by atoms with Crippen molar-refractivity contribution in [1.29, 1.82) is 0 Å². The summed E-state index contributed by atoms with van der Waals surface area (Å²) in [6.45, 7) is 0. The van der Waals surface area contributed by atoms with Crippen molar-refractivity contribution in [1.82, 2.24) is 10.2 Å². The number of rotatable bonds is 4. The number of aromatic nitrogens is 3. The molecule has 1 aromatic carbocycles. The normalized spacial score (nSPS) is 10.7. The van der Waals surface area contributed by atoms with Gasteiger partial charge in [-0.25, -0.2) is 0 Å². The SMILES string of the molecule is [O-][n+]1ccccc1SCc1nnc(-c2ccc(Br)cc2)o1. The fraction of sp³-hybridized carbons (Fsp3) is 0.0714. The lowest BCUT2D eigenvalue weighted by molar-refractivity contribution is -0.645. The van der Waals surface area contributed by atoms with Gasteiger partial charge in [0.15, 0.2) is 6.20 Å². The van der Waals surface area contributed by atoms with Gasteiger partial charge in [0.1, 0.15) is 0 Å². The van der Waals surface area contributed by atoms with Gasteiger partial charge in [0.05, 0.1) is 5.75 Å². The highest BCUT2D eigenvalue weighted by atomic mass is 79.9. The monoisotopic (exact) mass is 363 g/mol. The van der Waals surface area contributed by atoms with Crippen LogP contribution in [0.3, 0.4) is 0 Å². The maximum Gasteiger partial charge on any atom is 0.251 e. The first-order valence-corrected chi connectivity index (χ1v) is 7.89. The summed E-state index contributed by atoms with van der Waals surface area (Å²) in [6, 6.07) is 12.9. The molecule has 0 aliphatic rings. The molecular weight excluding hydrogens is 354 g/mol. The minimum atomic E-state index is 0.454. The predicted molar refractivity (Wildman–Crippen MR) is 82.4 cm³/mol. The number of halogens is 1. The van der Waals surface area contributed by atoms with Crippen molar-refractivity contribution in [2.24, 2.45) is 0 Å². The fourth-order valence-electron chi connectivity index (χ4n) is 1.68. The summed E-state index contributed by atoms with van der Waals surface area (Å²) in [5.74, 6) is 1.42. The topological polar surface area (TPSA) is 65.9 Å². The van der Waals surface area contributed by atoms with Crippen LogP contribution in [-0.2, 0) is 5.75 Å². The van der Waals surface area contributed by atoms with E-state index in [0.717, 1.165) is 14.8 Å². The Balaban J connectivity index is 1.71. The molecule has 0 unspecified atom stereocenters. The zero-order valence-corrected chi connectivity index (χ0v) is 13.2. The van der Waals surface area contributed by atoms with Crippen molar-refractivity contribution < 1.29 is 9.15 Å². The van der Waals surface area contributed by atoms with E-state index >= 15 is 0 Å². The lowest BCUT2D eigenvalue weighted by Crippen LogP contribution is -2.27. The van der Waals surface area contributed by atoms with E-state index in [9.17, 15) is 5.21 Å². The van der Waals surface area contributed by atoms with Crippen LogP contribution in [0.4, 0.5) is 0 Å². The Labute approximate surface area is 133 Å². The van der Waals surface area contributed by atoms with Crippen molar-refractivity contribution >= 4 is 27.7 Å². The fourth-order valence-corrected chi connectivity index (χ4v) is 2.70. The van der Waals surface area contributed by atoms with Crippen molar-refractivity contribution in [3.05, 3.63) is 64.2 Å². The van der Waals surface area contributed by atoms with Gasteiger partial charge in [0.25, 0.3) is 5.03 Å². The summed E-state index contributed by atoms with van der Waals surface area (Å²) in [6.07, 6.45) is 1.46. The van der Waals surface area contributed by atoms with Crippen LogP contribution in [0.2, 0.25) is 0 Å². The van der Waals surface area contributed by atoms with Gasteiger partial charge < -0.3 is 9.62 Å². The van der Waals surface area contributed by atoms with E-state index in [4.69, 9.17) is 4.42 Å². The second-order valence-electron chi connectivity index (χ2n) is 4.16. The number of hydrogen-bond donors (Lipinski definition) is 0. The maximum absolute atomic E-state index is 11.5. The minimum Gasteiger partial charge on any atom is -0.618 e. The van der Waals surface area contributed by atoms with Gasteiger partial charge in [-0.05, 0) is 42.1 Å². The Morgan fingerprint density at radius 3 is 2.71 bits per heavy atom. The summed E-state index contributed by atoms with van der Waals surface area (Å²) in [5.41, 5.74) is 0.862. The van der Waals surface area contributed by atoms with Crippen LogP contribution >= 0.6 is 27.7 Å². The molecule has 0 radical (unpaired) electrons. The quantitative estimate of drug-likeness (QED) is 0.403. The number of pyridine rings is 1. The molecular formula is C14H10BrN3O2S. The maximum atomic E-state index is 11.5.